The van der Waals surface area contributed by atoms with Crippen molar-refractivity contribution in [2.45, 2.75) is 6.54 Å². The van der Waals surface area contributed by atoms with Gasteiger partial charge in [0.2, 0.25) is 0 Å². The molecule has 0 aliphatic rings. The molecule has 0 radical (unpaired) electrons. The van der Waals surface area contributed by atoms with E-state index in [0.717, 1.165) is 5.56 Å². The lowest BCUT2D eigenvalue weighted by molar-refractivity contribution is -0.139. The number of nitrogens with one attached hydrogen (secondary N) is 2. The molecule has 2 amide bonds. The van der Waals surface area contributed by atoms with Crippen LogP contribution < -0.4 is 20.2 Å². The molecule has 2 rings (SSSR count). The van der Waals surface area contributed by atoms with Gasteiger partial charge in [0.05, 0.1) is 13.3 Å². The molecule has 2 N–H and O–H groups in total. The van der Waals surface area contributed by atoms with Crippen molar-refractivity contribution in [3.8, 4) is 11.5 Å². The molecule has 0 fully saturated rings. The maximum Gasteiger partial charge on any atom is 0.329 e. The molecular weight excluding hydrogens is 348 g/mol. The third-order valence-corrected chi connectivity index (χ3v) is 3.31. The molecule has 2 aromatic rings. The van der Waals surface area contributed by atoms with Gasteiger partial charge in [-0.25, -0.2) is 5.43 Å². The van der Waals surface area contributed by atoms with Crippen molar-refractivity contribution in [2.24, 2.45) is 5.10 Å². The molecule has 0 bridgehead atoms. The minimum atomic E-state index is -0.868. The maximum absolute atomic E-state index is 11.7. The largest absolute Gasteiger partial charge is 0.493 e. The summed E-state index contributed by atoms with van der Waals surface area (Å²) in [5.74, 6) is -0.579. The quantitative estimate of drug-likeness (QED) is 0.318. The van der Waals surface area contributed by atoms with E-state index in [-0.39, 0.29) is 6.54 Å². The number of ether oxygens (including phenoxy) is 2. The summed E-state index contributed by atoms with van der Waals surface area (Å²) < 4.78 is 10.7. The fraction of sp³-hybridized carbons (Fsp3) is 0.158. The van der Waals surface area contributed by atoms with E-state index in [0.29, 0.717) is 23.7 Å². The number of nitrogens with zero attached hydrogens (tertiary/aromatic N) is 2. The van der Waals surface area contributed by atoms with Gasteiger partial charge in [-0.2, -0.15) is 5.10 Å². The van der Waals surface area contributed by atoms with Gasteiger partial charge in [-0.05, 0) is 35.4 Å². The fourth-order valence-electron chi connectivity index (χ4n) is 2.01. The smallest absolute Gasteiger partial charge is 0.329 e. The van der Waals surface area contributed by atoms with Gasteiger partial charge < -0.3 is 14.8 Å². The Labute approximate surface area is 156 Å². The minimum absolute atomic E-state index is 0.202. The van der Waals surface area contributed by atoms with E-state index < -0.39 is 11.8 Å². The molecule has 0 aliphatic carbocycles. The van der Waals surface area contributed by atoms with Gasteiger partial charge in [0.1, 0.15) is 6.61 Å². The lowest BCUT2D eigenvalue weighted by Gasteiger charge is -2.09. The molecule has 140 valence electrons. The van der Waals surface area contributed by atoms with Crippen LogP contribution in [0.1, 0.15) is 11.1 Å². The Hall–Kier alpha value is -3.68. The monoisotopic (exact) mass is 368 g/mol. The number of hydrogen-bond donors (Lipinski definition) is 2. The molecule has 0 saturated carbocycles. The van der Waals surface area contributed by atoms with Crippen LogP contribution >= 0.6 is 0 Å². The van der Waals surface area contributed by atoms with Crippen LogP contribution in [0, 0.1) is 0 Å². The number of carbonyl (C=O) groups is 2. The van der Waals surface area contributed by atoms with Gasteiger partial charge >= 0.3 is 11.8 Å². The number of amides is 2. The number of pyridine rings is 1. The Bertz CT molecular complexity index is 822. The van der Waals surface area contributed by atoms with Crippen LogP contribution in [0.25, 0.3) is 0 Å². The van der Waals surface area contributed by atoms with E-state index in [4.69, 9.17) is 9.47 Å². The molecule has 0 spiro atoms. The molecule has 1 aromatic heterocycles. The van der Waals surface area contributed by atoms with Crippen molar-refractivity contribution in [3.63, 3.8) is 0 Å². The second kappa shape index (κ2) is 10.3. The van der Waals surface area contributed by atoms with Crippen molar-refractivity contribution < 1.29 is 19.1 Å². The summed E-state index contributed by atoms with van der Waals surface area (Å²) in [7, 11) is 1.52. The highest BCUT2D eigenvalue weighted by Crippen LogP contribution is 2.27. The number of hydrogen-bond acceptors (Lipinski definition) is 6. The maximum atomic E-state index is 11.7. The van der Waals surface area contributed by atoms with Crippen LogP contribution in [0.5, 0.6) is 11.5 Å². The molecule has 27 heavy (non-hydrogen) atoms. The normalized spacial score (nSPS) is 10.3. The first-order valence-corrected chi connectivity index (χ1v) is 8.06. The number of aromatic nitrogens is 1. The van der Waals surface area contributed by atoms with Gasteiger partial charge in [-0.1, -0.05) is 18.7 Å². The first kappa shape index (κ1) is 19.6. The van der Waals surface area contributed by atoms with E-state index in [1.54, 1.807) is 48.8 Å². The van der Waals surface area contributed by atoms with Crippen LogP contribution in [-0.2, 0) is 16.1 Å². The summed E-state index contributed by atoms with van der Waals surface area (Å²) in [5, 5.41) is 6.26. The summed E-state index contributed by atoms with van der Waals surface area (Å²) in [4.78, 5) is 27.4. The third-order valence-electron chi connectivity index (χ3n) is 3.31. The highest BCUT2D eigenvalue weighted by atomic mass is 16.5. The first-order chi connectivity index (χ1) is 13.1. The molecule has 0 aliphatic heterocycles. The van der Waals surface area contributed by atoms with Crippen LogP contribution in [0.3, 0.4) is 0 Å². The summed E-state index contributed by atoms with van der Waals surface area (Å²) in [6.45, 7) is 4.14. The average Bonchev–Trinajstić information content (AvgIpc) is 2.71. The zero-order valence-electron chi connectivity index (χ0n) is 14.8. The molecule has 8 nitrogen and oxygen atoms in total. The Balaban J connectivity index is 1.87. The number of rotatable bonds is 8. The van der Waals surface area contributed by atoms with Crippen molar-refractivity contribution >= 4 is 18.0 Å². The van der Waals surface area contributed by atoms with E-state index in [9.17, 15) is 9.59 Å². The zero-order valence-corrected chi connectivity index (χ0v) is 14.8. The average molecular weight is 368 g/mol. The lowest BCUT2D eigenvalue weighted by Crippen LogP contribution is -2.37. The number of carbonyl (C=O) groups excluding carboxylic acids is 2. The molecule has 8 heteroatoms. The number of hydrazone groups is 1. The Morgan fingerprint density at radius 2 is 2.11 bits per heavy atom. The molecular formula is C19H20N4O4. The summed E-state index contributed by atoms with van der Waals surface area (Å²) in [5.41, 5.74) is 3.62. The number of methoxy groups -OCH3 is 1. The SMILES string of the molecule is C=CCOc1ccc(/C=N\NC(=O)C(=O)NCc2cccnc2)cc1OC. The lowest BCUT2D eigenvalue weighted by atomic mass is 10.2. The molecule has 1 heterocycles. The second-order valence-electron chi connectivity index (χ2n) is 5.25. The van der Waals surface area contributed by atoms with Gasteiger partial charge in [0.15, 0.2) is 11.5 Å². The van der Waals surface area contributed by atoms with Gasteiger partial charge in [-0.3, -0.25) is 14.6 Å². The Morgan fingerprint density at radius 3 is 2.81 bits per heavy atom. The molecule has 0 unspecified atom stereocenters. The number of benzene rings is 1. The van der Waals surface area contributed by atoms with Crippen LogP contribution in [0.2, 0.25) is 0 Å². The topological polar surface area (TPSA) is 102 Å². The van der Waals surface area contributed by atoms with Crippen molar-refractivity contribution in [1.82, 2.24) is 15.7 Å². The second-order valence-corrected chi connectivity index (χ2v) is 5.25. The van der Waals surface area contributed by atoms with Gasteiger partial charge in [0, 0.05) is 18.9 Å². The van der Waals surface area contributed by atoms with E-state index >= 15 is 0 Å². The van der Waals surface area contributed by atoms with E-state index in [1.807, 2.05) is 0 Å². The van der Waals surface area contributed by atoms with Crippen LogP contribution in [-0.4, -0.2) is 36.7 Å². The van der Waals surface area contributed by atoms with E-state index in [2.05, 4.69) is 27.4 Å². The van der Waals surface area contributed by atoms with Crippen molar-refractivity contribution in [1.29, 1.82) is 0 Å². The third kappa shape index (κ3) is 6.28. The van der Waals surface area contributed by atoms with Crippen LogP contribution in [0.15, 0.2) is 60.5 Å². The predicted octanol–water partition coefficient (Wildman–Crippen LogP) is 1.42. The summed E-state index contributed by atoms with van der Waals surface area (Å²) in [6, 6.07) is 8.68. The van der Waals surface area contributed by atoms with Crippen molar-refractivity contribution in [3.05, 3.63) is 66.5 Å². The molecule has 0 saturated heterocycles. The van der Waals surface area contributed by atoms with Crippen LogP contribution in [0.4, 0.5) is 0 Å². The standard InChI is InChI=1S/C19H20N4O4/c1-3-9-27-16-7-6-14(10-17(16)26-2)13-22-23-19(25)18(24)21-12-15-5-4-8-20-11-15/h3-8,10-11,13H,1,9,12H2,2H3,(H,21,24)(H,23,25)/b22-13-. The molecule has 0 atom stereocenters. The first-order valence-electron chi connectivity index (χ1n) is 8.06. The van der Waals surface area contributed by atoms with Gasteiger partial charge in [0.25, 0.3) is 0 Å². The molecule has 1 aromatic carbocycles. The summed E-state index contributed by atoms with van der Waals surface area (Å²) >= 11 is 0. The highest BCUT2D eigenvalue weighted by molar-refractivity contribution is 6.35. The Morgan fingerprint density at radius 1 is 1.26 bits per heavy atom. The minimum Gasteiger partial charge on any atom is -0.493 e. The zero-order chi connectivity index (χ0) is 19.5. The van der Waals surface area contributed by atoms with Crippen molar-refractivity contribution in [2.75, 3.05) is 13.7 Å². The Kier molecular flexibility index (Phi) is 7.52. The van der Waals surface area contributed by atoms with E-state index in [1.165, 1.54) is 13.3 Å². The predicted molar refractivity (Wildman–Crippen MR) is 101 cm³/mol. The summed E-state index contributed by atoms with van der Waals surface area (Å²) in [6.07, 6.45) is 6.25. The highest BCUT2D eigenvalue weighted by Gasteiger charge is 2.12. The van der Waals surface area contributed by atoms with Gasteiger partial charge in [-0.15, -0.1) is 0 Å². The fourth-order valence-corrected chi connectivity index (χ4v) is 2.01.